The van der Waals surface area contributed by atoms with Gasteiger partial charge in [-0.15, -0.1) is 0 Å². The van der Waals surface area contributed by atoms with Crippen molar-refractivity contribution in [2.24, 2.45) is 7.05 Å². The van der Waals surface area contributed by atoms with Crippen LogP contribution in [-0.2, 0) is 11.8 Å². The third-order valence-electron chi connectivity index (χ3n) is 4.92. The number of aromatic nitrogens is 4. The van der Waals surface area contributed by atoms with Crippen LogP contribution in [0.25, 0.3) is 5.65 Å². The molecule has 9 nitrogen and oxygen atoms in total. The lowest BCUT2D eigenvalue weighted by atomic mass is 9.99. The molecule has 0 aliphatic carbocycles. The van der Waals surface area contributed by atoms with Crippen LogP contribution in [0.4, 0.5) is 10.1 Å². The molecule has 3 aromatic rings. The van der Waals surface area contributed by atoms with Gasteiger partial charge in [0.15, 0.2) is 0 Å². The number of nitrogens with one attached hydrogen (secondary N) is 1. The van der Waals surface area contributed by atoms with E-state index in [4.69, 9.17) is 9.47 Å². The maximum Gasteiger partial charge on any atom is 0.276 e. The smallest absolute Gasteiger partial charge is 0.276 e. The molecule has 30 heavy (non-hydrogen) atoms. The number of ether oxygens (including phenoxy) is 2. The molecule has 1 N–H and O–H groups in total. The molecular weight excluding hydrogens is 393 g/mol. The Balaban J connectivity index is 1.70. The molecule has 1 unspecified atom stereocenters. The average Bonchev–Trinajstić information content (AvgIpc) is 3.17. The van der Waals surface area contributed by atoms with Crippen LogP contribution in [0.3, 0.4) is 0 Å². The van der Waals surface area contributed by atoms with Crippen LogP contribution in [-0.4, -0.2) is 44.7 Å². The summed E-state index contributed by atoms with van der Waals surface area (Å²) in [6, 6.07) is 0.973. The van der Waals surface area contributed by atoms with E-state index >= 15 is 0 Å². The molecule has 1 atom stereocenters. The Bertz CT molecular complexity index is 1150. The lowest BCUT2D eigenvalue weighted by molar-refractivity contribution is 0.0794. The lowest BCUT2D eigenvalue weighted by Crippen LogP contribution is -2.25. The minimum Gasteiger partial charge on any atom is -0.475 e. The topological polar surface area (TPSA) is 99.8 Å². The zero-order valence-corrected chi connectivity index (χ0v) is 16.7. The normalized spacial score (nSPS) is 16.6. The molecule has 0 saturated carbocycles. The van der Waals surface area contributed by atoms with E-state index in [9.17, 15) is 14.0 Å². The Hall–Kier alpha value is -3.27. The summed E-state index contributed by atoms with van der Waals surface area (Å²) >= 11 is 0. The number of pyridine rings is 1. The SMILES string of the molecule is CCOc1nc(C(=O)Nc2cc(F)cn(C)c2=O)cn2cc(C3CCCOC3)nc12. The zero-order valence-electron chi connectivity index (χ0n) is 16.7. The first-order valence-corrected chi connectivity index (χ1v) is 9.74. The summed E-state index contributed by atoms with van der Waals surface area (Å²) in [5.74, 6) is -0.919. The van der Waals surface area contributed by atoms with Gasteiger partial charge in [0.25, 0.3) is 17.3 Å². The van der Waals surface area contributed by atoms with Crippen molar-refractivity contribution in [1.82, 2.24) is 18.9 Å². The van der Waals surface area contributed by atoms with Crippen LogP contribution >= 0.6 is 0 Å². The van der Waals surface area contributed by atoms with Gasteiger partial charge < -0.3 is 19.4 Å². The van der Waals surface area contributed by atoms with Crippen LogP contribution < -0.4 is 15.6 Å². The molecule has 0 radical (unpaired) electrons. The molecule has 158 valence electrons. The first-order chi connectivity index (χ1) is 14.5. The Labute approximate surface area is 171 Å². The number of amides is 1. The van der Waals surface area contributed by atoms with Crippen molar-refractivity contribution in [2.75, 3.05) is 25.1 Å². The number of aryl methyl sites for hydroxylation is 1. The highest BCUT2D eigenvalue weighted by atomic mass is 19.1. The van der Waals surface area contributed by atoms with E-state index in [0.717, 1.165) is 42.0 Å². The molecule has 1 fully saturated rings. The number of carbonyl (C=O) groups is 1. The third-order valence-corrected chi connectivity index (χ3v) is 4.92. The van der Waals surface area contributed by atoms with E-state index in [0.29, 0.717) is 18.9 Å². The van der Waals surface area contributed by atoms with Gasteiger partial charge in [-0.25, -0.2) is 14.4 Å². The number of nitrogens with zero attached hydrogens (tertiary/aromatic N) is 4. The van der Waals surface area contributed by atoms with Crippen molar-refractivity contribution in [3.63, 3.8) is 0 Å². The molecule has 0 bridgehead atoms. The van der Waals surface area contributed by atoms with Gasteiger partial charge in [0.1, 0.15) is 17.2 Å². The van der Waals surface area contributed by atoms with Gasteiger partial charge in [-0.3, -0.25) is 14.0 Å². The number of carbonyl (C=O) groups excluding carboxylic acids is 1. The Morgan fingerprint density at radius 1 is 1.37 bits per heavy atom. The first kappa shape index (κ1) is 20.0. The van der Waals surface area contributed by atoms with Gasteiger partial charge in [-0.1, -0.05) is 0 Å². The summed E-state index contributed by atoms with van der Waals surface area (Å²) in [5, 5.41) is 2.43. The lowest BCUT2D eigenvalue weighted by Gasteiger charge is -2.19. The van der Waals surface area contributed by atoms with Crippen LogP contribution in [0.5, 0.6) is 5.88 Å². The van der Waals surface area contributed by atoms with Crippen LogP contribution in [0.15, 0.2) is 29.5 Å². The number of anilines is 1. The summed E-state index contributed by atoms with van der Waals surface area (Å²) in [4.78, 5) is 33.8. The number of hydrogen-bond donors (Lipinski definition) is 1. The highest BCUT2D eigenvalue weighted by Crippen LogP contribution is 2.27. The maximum atomic E-state index is 13.6. The third kappa shape index (κ3) is 3.90. The second kappa shape index (κ2) is 8.23. The molecule has 3 aromatic heterocycles. The van der Waals surface area contributed by atoms with E-state index in [1.807, 2.05) is 6.20 Å². The summed E-state index contributed by atoms with van der Waals surface area (Å²) in [5.41, 5.74) is 0.650. The van der Waals surface area contributed by atoms with Crippen LogP contribution in [0.1, 0.15) is 41.9 Å². The summed E-state index contributed by atoms with van der Waals surface area (Å²) in [6.07, 6.45) is 6.31. The molecule has 4 heterocycles. The second-order valence-electron chi connectivity index (χ2n) is 7.12. The molecule has 4 rings (SSSR count). The summed E-state index contributed by atoms with van der Waals surface area (Å²) in [7, 11) is 1.40. The van der Waals surface area contributed by atoms with Crippen molar-refractivity contribution in [3.05, 3.63) is 52.2 Å². The van der Waals surface area contributed by atoms with E-state index in [2.05, 4.69) is 15.3 Å². The Morgan fingerprint density at radius 3 is 2.93 bits per heavy atom. The number of halogens is 1. The van der Waals surface area contributed by atoms with E-state index in [1.54, 1.807) is 11.3 Å². The van der Waals surface area contributed by atoms with E-state index < -0.39 is 17.3 Å². The fraction of sp³-hybridized carbons (Fsp3) is 0.400. The number of fused-ring (bicyclic) bond motifs is 1. The van der Waals surface area contributed by atoms with Crippen molar-refractivity contribution >= 4 is 17.2 Å². The molecule has 1 amide bonds. The molecule has 1 aliphatic heterocycles. The monoisotopic (exact) mass is 415 g/mol. The quantitative estimate of drug-likeness (QED) is 0.685. The number of rotatable bonds is 5. The van der Waals surface area contributed by atoms with Gasteiger partial charge in [0.2, 0.25) is 5.65 Å². The van der Waals surface area contributed by atoms with Crippen LogP contribution in [0, 0.1) is 5.82 Å². The van der Waals surface area contributed by atoms with Gasteiger partial charge in [0, 0.05) is 44.2 Å². The highest BCUT2D eigenvalue weighted by molar-refractivity contribution is 6.02. The Morgan fingerprint density at radius 2 is 2.20 bits per heavy atom. The minimum atomic E-state index is -0.656. The van der Waals surface area contributed by atoms with Gasteiger partial charge in [0.05, 0.1) is 18.9 Å². The molecule has 1 aliphatic rings. The van der Waals surface area contributed by atoms with E-state index in [-0.39, 0.29) is 23.2 Å². The molecule has 1 saturated heterocycles. The Kier molecular flexibility index (Phi) is 5.49. The predicted molar refractivity (Wildman–Crippen MR) is 107 cm³/mol. The van der Waals surface area contributed by atoms with E-state index in [1.165, 1.54) is 13.2 Å². The van der Waals surface area contributed by atoms with Gasteiger partial charge in [-0.2, -0.15) is 0 Å². The van der Waals surface area contributed by atoms with Crippen molar-refractivity contribution < 1.29 is 18.7 Å². The standard InChI is InChI=1S/C20H22FN5O4/c1-3-30-19-17-22-15(12-5-4-6-29-11-12)9-26(17)10-16(24-19)18(27)23-14-7-13(21)8-25(2)20(14)28/h7-10,12H,3-6,11H2,1-2H3,(H,23,27). The summed E-state index contributed by atoms with van der Waals surface area (Å²) < 4.78 is 27.5. The minimum absolute atomic E-state index is 0.0149. The maximum absolute atomic E-state index is 13.6. The first-order valence-electron chi connectivity index (χ1n) is 9.74. The number of imidazole rings is 1. The molecular formula is C20H22FN5O4. The van der Waals surface area contributed by atoms with Crippen LogP contribution in [0.2, 0.25) is 0 Å². The second-order valence-corrected chi connectivity index (χ2v) is 7.12. The fourth-order valence-electron chi connectivity index (χ4n) is 3.45. The molecule has 0 aromatic carbocycles. The zero-order chi connectivity index (χ0) is 21.3. The van der Waals surface area contributed by atoms with Gasteiger partial charge in [-0.05, 0) is 19.8 Å². The largest absolute Gasteiger partial charge is 0.475 e. The average molecular weight is 415 g/mol. The number of hydrogen-bond acceptors (Lipinski definition) is 6. The highest BCUT2D eigenvalue weighted by Gasteiger charge is 2.22. The molecule has 10 heteroatoms. The molecule has 0 spiro atoms. The fourth-order valence-corrected chi connectivity index (χ4v) is 3.45. The van der Waals surface area contributed by atoms with Crippen molar-refractivity contribution in [2.45, 2.75) is 25.7 Å². The summed E-state index contributed by atoms with van der Waals surface area (Å²) in [6.45, 7) is 3.49. The van der Waals surface area contributed by atoms with Gasteiger partial charge >= 0.3 is 0 Å². The van der Waals surface area contributed by atoms with Crippen molar-refractivity contribution in [1.29, 1.82) is 0 Å². The van der Waals surface area contributed by atoms with Crippen molar-refractivity contribution in [3.8, 4) is 5.88 Å². The predicted octanol–water partition coefficient (Wildman–Crippen LogP) is 2.11.